The minimum Gasteiger partial charge on any atom is -0.467 e. The Labute approximate surface area is 148 Å². The Kier molecular flexibility index (Phi) is 5.49. The number of nitro groups is 1. The fraction of sp³-hybridized carbons (Fsp3) is 0.333. The first-order chi connectivity index (χ1) is 12.7. The van der Waals surface area contributed by atoms with Gasteiger partial charge in [0.1, 0.15) is 0 Å². The van der Waals surface area contributed by atoms with Crippen LogP contribution in [-0.4, -0.2) is 59.5 Å². The number of ether oxygens (including phenoxy) is 2. The molecule has 11 nitrogen and oxygen atoms in total. The quantitative estimate of drug-likeness (QED) is 0.457. The summed E-state index contributed by atoms with van der Waals surface area (Å²) >= 11 is 0. The first-order valence-corrected chi connectivity index (χ1v) is 7.82. The maximum atomic E-state index is 10.6. The zero-order chi connectivity index (χ0) is 18.4. The summed E-state index contributed by atoms with van der Waals surface area (Å²) in [5, 5.41) is 14.7. The van der Waals surface area contributed by atoms with E-state index in [2.05, 4.69) is 25.5 Å². The molecule has 136 valence electrons. The molecular formula is C15H17N7O4. The molecule has 3 rings (SSSR count). The summed E-state index contributed by atoms with van der Waals surface area (Å²) in [7, 11) is 1.47. The number of hydrogen-bond donors (Lipinski definition) is 1. The third kappa shape index (κ3) is 4.39. The van der Waals surface area contributed by atoms with Gasteiger partial charge in [0.05, 0.1) is 31.5 Å². The van der Waals surface area contributed by atoms with E-state index in [1.165, 1.54) is 25.5 Å². The Balaban J connectivity index is 1.71. The number of anilines is 2. The van der Waals surface area contributed by atoms with Crippen LogP contribution in [0.2, 0.25) is 0 Å². The van der Waals surface area contributed by atoms with Crippen molar-refractivity contribution in [2.45, 2.75) is 0 Å². The van der Waals surface area contributed by atoms with E-state index < -0.39 is 4.92 Å². The van der Waals surface area contributed by atoms with E-state index in [9.17, 15) is 10.1 Å². The molecule has 0 aliphatic carbocycles. The average molecular weight is 359 g/mol. The van der Waals surface area contributed by atoms with Crippen LogP contribution in [0.15, 0.2) is 29.4 Å². The molecule has 1 aliphatic rings. The second kappa shape index (κ2) is 8.16. The van der Waals surface area contributed by atoms with Crippen LogP contribution in [0.5, 0.6) is 6.01 Å². The summed E-state index contributed by atoms with van der Waals surface area (Å²) in [5.74, 6) is 0.713. The van der Waals surface area contributed by atoms with Gasteiger partial charge in [-0.3, -0.25) is 10.1 Å². The van der Waals surface area contributed by atoms with Crippen LogP contribution in [0.25, 0.3) is 0 Å². The summed E-state index contributed by atoms with van der Waals surface area (Å²) in [6, 6.07) is 6.18. The molecule has 1 aromatic carbocycles. The number of nitro benzene ring substituents is 1. The summed E-state index contributed by atoms with van der Waals surface area (Å²) in [6.07, 6.45) is 1.51. The molecule has 0 atom stereocenters. The number of aromatic nitrogens is 3. The summed E-state index contributed by atoms with van der Waals surface area (Å²) < 4.78 is 10.4. The van der Waals surface area contributed by atoms with Crippen LogP contribution in [0.1, 0.15) is 5.56 Å². The standard InChI is InChI=1S/C15H17N7O4/c1-25-15-18-13(17-14(19-15)21-6-8-26-9-7-21)20-16-10-11-2-4-12(5-3-11)22(23)24/h2-5,10H,6-9H2,1H3,(H,17,18,19,20)/b16-10-. The highest BCUT2D eigenvalue weighted by molar-refractivity contribution is 5.80. The molecule has 26 heavy (non-hydrogen) atoms. The summed E-state index contributed by atoms with van der Waals surface area (Å²) in [5.41, 5.74) is 3.43. The van der Waals surface area contributed by atoms with Gasteiger partial charge in [-0.25, -0.2) is 5.43 Å². The Morgan fingerprint density at radius 2 is 2.00 bits per heavy atom. The number of hydrogen-bond acceptors (Lipinski definition) is 10. The molecule has 1 aromatic heterocycles. The van der Waals surface area contributed by atoms with Crippen molar-refractivity contribution in [3.8, 4) is 6.01 Å². The van der Waals surface area contributed by atoms with Gasteiger partial charge in [0.2, 0.25) is 5.95 Å². The molecule has 1 fully saturated rings. The third-order valence-corrected chi connectivity index (χ3v) is 3.56. The minimum atomic E-state index is -0.455. The highest BCUT2D eigenvalue weighted by Gasteiger charge is 2.16. The van der Waals surface area contributed by atoms with E-state index in [1.807, 2.05) is 4.90 Å². The van der Waals surface area contributed by atoms with E-state index in [0.717, 1.165) is 0 Å². The lowest BCUT2D eigenvalue weighted by atomic mass is 10.2. The molecule has 2 heterocycles. The van der Waals surface area contributed by atoms with E-state index in [4.69, 9.17) is 9.47 Å². The Bertz CT molecular complexity index is 791. The van der Waals surface area contributed by atoms with Crippen LogP contribution in [0, 0.1) is 10.1 Å². The number of nitrogens with one attached hydrogen (secondary N) is 1. The van der Waals surface area contributed by atoms with Crippen LogP contribution >= 0.6 is 0 Å². The van der Waals surface area contributed by atoms with Crippen molar-refractivity contribution in [2.75, 3.05) is 43.7 Å². The normalized spacial score (nSPS) is 14.4. The number of non-ortho nitro benzene ring substituents is 1. The van der Waals surface area contributed by atoms with E-state index in [1.54, 1.807) is 12.1 Å². The molecule has 0 radical (unpaired) electrons. The maximum Gasteiger partial charge on any atom is 0.322 e. The number of rotatable bonds is 6. The highest BCUT2D eigenvalue weighted by atomic mass is 16.6. The monoisotopic (exact) mass is 359 g/mol. The zero-order valence-corrected chi connectivity index (χ0v) is 14.0. The van der Waals surface area contributed by atoms with Gasteiger partial charge < -0.3 is 14.4 Å². The molecule has 0 bridgehead atoms. The van der Waals surface area contributed by atoms with Crippen molar-refractivity contribution in [1.82, 2.24) is 15.0 Å². The molecule has 0 unspecified atom stereocenters. The summed E-state index contributed by atoms with van der Waals surface area (Å²) in [6.45, 7) is 2.57. The summed E-state index contributed by atoms with van der Waals surface area (Å²) in [4.78, 5) is 24.8. The van der Waals surface area contributed by atoms with Crippen LogP contribution in [-0.2, 0) is 4.74 Å². The van der Waals surface area contributed by atoms with E-state index in [-0.39, 0.29) is 17.6 Å². The average Bonchev–Trinajstić information content (AvgIpc) is 2.69. The fourth-order valence-electron chi connectivity index (χ4n) is 2.24. The molecular weight excluding hydrogens is 342 g/mol. The molecule has 1 aliphatic heterocycles. The SMILES string of the molecule is COc1nc(N/N=C\c2ccc([N+](=O)[O-])cc2)nc(N2CCOCC2)n1. The topological polar surface area (TPSA) is 128 Å². The van der Waals surface area contributed by atoms with Gasteiger partial charge in [-0.15, -0.1) is 0 Å². The second-order valence-electron chi connectivity index (χ2n) is 5.26. The van der Waals surface area contributed by atoms with Crippen molar-refractivity contribution in [3.63, 3.8) is 0 Å². The van der Waals surface area contributed by atoms with Crippen LogP contribution in [0.3, 0.4) is 0 Å². The maximum absolute atomic E-state index is 10.6. The van der Waals surface area contributed by atoms with E-state index >= 15 is 0 Å². The van der Waals surface area contributed by atoms with Crippen LogP contribution < -0.4 is 15.1 Å². The number of nitrogens with zero attached hydrogens (tertiary/aromatic N) is 6. The number of methoxy groups -OCH3 is 1. The van der Waals surface area contributed by atoms with Crippen molar-refractivity contribution >= 4 is 23.8 Å². The molecule has 0 amide bonds. The fourth-order valence-corrected chi connectivity index (χ4v) is 2.24. The van der Waals surface area contributed by atoms with Crippen molar-refractivity contribution in [1.29, 1.82) is 0 Å². The number of hydrazone groups is 1. The van der Waals surface area contributed by atoms with Crippen molar-refractivity contribution in [3.05, 3.63) is 39.9 Å². The molecule has 0 saturated carbocycles. The first-order valence-electron chi connectivity index (χ1n) is 7.82. The van der Waals surface area contributed by atoms with E-state index in [0.29, 0.717) is 37.8 Å². The smallest absolute Gasteiger partial charge is 0.322 e. The Morgan fingerprint density at radius 1 is 1.27 bits per heavy atom. The lowest BCUT2D eigenvalue weighted by Gasteiger charge is -2.26. The van der Waals surface area contributed by atoms with Gasteiger partial charge in [-0.2, -0.15) is 20.1 Å². The largest absolute Gasteiger partial charge is 0.467 e. The van der Waals surface area contributed by atoms with Crippen LogP contribution in [0.4, 0.5) is 17.6 Å². The molecule has 1 saturated heterocycles. The minimum absolute atomic E-state index is 0.0208. The molecule has 0 spiro atoms. The predicted molar refractivity (Wildman–Crippen MR) is 93.7 cm³/mol. The zero-order valence-electron chi connectivity index (χ0n) is 14.0. The van der Waals surface area contributed by atoms with Gasteiger partial charge in [0, 0.05) is 25.2 Å². The lowest BCUT2D eigenvalue weighted by Crippen LogP contribution is -2.37. The van der Waals surface area contributed by atoms with Gasteiger partial charge in [-0.1, -0.05) is 0 Å². The molecule has 11 heteroatoms. The first kappa shape index (κ1) is 17.5. The number of morpholine rings is 1. The highest BCUT2D eigenvalue weighted by Crippen LogP contribution is 2.16. The van der Waals surface area contributed by atoms with Crippen molar-refractivity contribution in [2.24, 2.45) is 5.10 Å². The van der Waals surface area contributed by atoms with Gasteiger partial charge in [-0.05, 0) is 17.7 Å². The Hall–Kier alpha value is -3.34. The predicted octanol–water partition coefficient (Wildman–Crippen LogP) is 1.07. The Morgan fingerprint density at radius 3 is 2.65 bits per heavy atom. The third-order valence-electron chi connectivity index (χ3n) is 3.56. The molecule has 1 N–H and O–H groups in total. The van der Waals surface area contributed by atoms with Gasteiger partial charge >= 0.3 is 6.01 Å². The molecule has 2 aromatic rings. The second-order valence-corrected chi connectivity index (χ2v) is 5.26. The van der Waals surface area contributed by atoms with Gasteiger partial charge in [0.25, 0.3) is 11.6 Å². The number of benzene rings is 1. The van der Waals surface area contributed by atoms with Crippen molar-refractivity contribution < 1.29 is 14.4 Å². The van der Waals surface area contributed by atoms with Gasteiger partial charge in [0.15, 0.2) is 0 Å². The lowest BCUT2D eigenvalue weighted by molar-refractivity contribution is -0.384.